The van der Waals surface area contributed by atoms with Crippen LogP contribution in [0, 0.1) is 3.57 Å². The Morgan fingerprint density at radius 2 is 1.80 bits per heavy atom. The van der Waals surface area contributed by atoms with Gasteiger partial charge in [0.15, 0.2) is 0 Å². The first-order valence-electron chi connectivity index (χ1n) is 7.75. The van der Waals surface area contributed by atoms with Gasteiger partial charge in [0.25, 0.3) is 5.91 Å². The van der Waals surface area contributed by atoms with Gasteiger partial charge in [0, 0.05) is 27.4 Å². The van der Waals surface area contributed by atoms with Gasteiger partial charge in [0.2, 0.25) is 0 Å². The standard InChI is InChI=1S/C18H19ClIN3O2/c1-11(2)22-18(25)23-14-6-3-12(4-7-14)10-21-17(24)13-5-8-15(19)16(20)9-13/h3-9,11H,10H2,1-2H3,(H,21,24)(H2,22,23,25). The lowest BCUT2D eigenvalue weighted by Gasteiger charge is -2.11. The molecule has 132 valence electrons. The number of urea groups is 1. The fourth-order valence-corrected chi connectivity index (χ4v) is 2.69. The molecule has 0 aliphatic heterocycles. The largest absolute Gasteiger partial charge is 0.348 e. The molecule has 0 radical (unpaired) electrons. The van der Waals surface area contributed by atoms with Crippen LogP contribution in [0.15, 0.2) is 42.5 Å². The molecule has 0 unspecified atom stereocenters. The number of carbonyl (C=O) groups excluding carboxylic acids is 2. The lowest BCUT2D eigenvalue weighted by atomic mass is 10.2. The molecule has 5 nitrogen and oxygen atoms in total. The number of hydrogen-bond acceptors (Lipinski definition) is 2. The van der Waals surface area contributed by atoms with E-state index in [1.54, 1.807) is 30.3 Å². The predicted molar refractivity (Wildman–Crippen MR) is 109 cm³/mol. The van der Waals surface area contributed by atoms with Crippen molar-refractivity contribution in [3.63, 3.8) is 0 Å². The zero-order chi connectivity index (χ0) is 18.4. The van der Waals surface area contributed by atoms with Crippen LogP contribution in [-0.2, 0) is 6.54 Å². The summed E-state index contributed by atoms with van der Waals surface area (Å²) >= 11 is 8.05. The minimum absolute atomic E-state index is 0.0745. The van der Waals surface area contributed by atoms with E-state index >= 15 is 0 Å². The van der Waals surface area contributed by atoms with Gasteiger partial charge in [-0.15, -0.1) is 0 Å². The summed E-state index contributed by atoms with van der Waals surface area (Å²) in [5, 5.41) is 9.00. The van der Waals surface area contributed by atoms with E-state index in [4.69, 9.17) is 11.6 Å². The van der Waals surface area contributed by atoms with Crippen molar-refractivity contribution in [3.8, 4) is 0 Å². The molecular weight excluding hydrogens is 453 g/mol. The normalized spacial score (nSPS) is 10.4. The summed E-state index contributed by atoms with van der Waals surface area (Å²) in [6.45, 7) is 4.19. The summed E-state index contributed by atoms with van der Waals surface area (Å²) in [7, 11) is 0. The first-order chi connectivity index (χ1) is 11.8. The van der Waals surface area contributed by atoms with E-state index in [2.05, 4.69) is 38.5 Å². The molecule has 25 heavy (non-hydrogen) atoms. The maximum Gasteiger partial charge on any atom is 0.319 e. The van der Waals surface area contributed by atoms with Crippen LogP contribution in [0.1, 0.15) is 29.8 Å². The van der Waals surface area contributed by atoms with Crippen LogP contribution in [0.25, 0.3) is 0 Å². The Morgan fingerprint density at radius 1 is 1.12 bits per heavy atom. The van der Waals surface area contributed by atoms with Crippen LogP contribution in [0.3, 0.4) is 0 Å². The van der Waals surface area contributed by atoms with Gasteiger partial charge >= 0.3 is 6.03 Å². The van der Waals surface area contributed by atoms with Crippen molar-refractivity contribution in [2.24, 2.45) is 0 Å². The summed E-state index contributed by atoms with van der Waals surface area (Å²) in [6.07, 6.45) is 0. The fraction of sp³-hybridized carbons (Fsp3) is 0.222. The highest BCUT2D eigenvalue weighted by Crippen LogP contribution is 2.19. The number of rotatable bonds is 5. The first kappa shape index (κ1) is 19.5. The number of anilines is 1. The lowest BCUT2D eigenvalue weighted by Crippen LogP contribution is -2.34. The van der Waals surface area contributed by atoms with Gasteiger partial charge in [0.1, 0.15) is 0 Å². The van der Waals surface area contributed by atoms with Crippen molar-refractivity contribution in [1.29, 1.82) is 0 Å². The molecule has 7 heteroatoms. The average Bonchev–Trinajstić information content (AvgIpc) is 2.55. The monoisotopic (exact) mass is 471 g/mol. The van der Waals surface area contributed by atoms with E-state index in [0.29, 0.717) is 22.8 Å². The molecule has 3 N–H and O–H groups in total. The van der Waals surface area contributed by atoms with Gasteiger partial charge < -0.3 is 16.0 Å². The highest BCUT2D eigenvalue weighted by molar-refractivity contribution is 14.1. The maximum atomic E-state index is 12.2. The topological polar surface area (TPSA) is 70.2 Å². The number of carbonyl (C=O) groups is 2. The van der Waals surface area contributed by atoms with Gasteiger partial charge in [-0.1, -0.05) is 23.7 Å². The molecule has 3 amide bonds. The molecule has 0 heterocycles. The van der Waals surface area contributed by atoms with E-state index in [9.17, 15) is 9.59 Å². The zero-order valence-electron chi connectivity index (χ0n) is 13.9. The summed E-state index contributed by atoms with van der Waals surface area (Å²) in [6, 6.07) is 12.3. The quantitative estimate of drug-likeness (QED) is 0.566. The van der Waals surface area contributed by atoms with Crippen LogP contribution in [0.2, 0.25) is 5.02 Å². The highest BCUT2D eigenvalue weighted by Gasteiger charge is 2.08. The molecule has 0 bridgehead atoms. The van der Waals surface area contributed by atoms with E-state index in [1.807, 2.05) is 26.0 Å². The average molecular weight is 472 g/mol. The zero-order valence-corrected chi connectivity index (χ0v) is 16.8. The molecule has 0 saturated heterocycles. The lowest BCUT2D eigenvalue weighted by molar-refractivity contribution is 0.0951. The molecule has 2 aromatic rings. The van der Waals surface area contributed by atoms with Gasteiger partial charge in [-0.2, -0.15) is 0 Å². The van der Waals surface area contributed by atoms with Crippen molar-refractivity contribution in [3.05, 3.63) is 62.2 Å². The van der Waals surface area contributed by atoms with E-state index in [1.165, 1.54) is 0 Å². The molecule has 0 spiro atoms. The summed E-state index contributed by atoms with van der Waals surface area (Å²) < 4.78 is 0.835. The third kappa shape index (κ3) is 6.21. The fourth-order valence-electron chi connectivity index (χ4n) is 2.06. The second-order valence-electron chi connectivity index (χ2n) is 5.76. The molecule has 0 fully saturated rings. The molecule has 0 aliphatic rings. The Hall–Kier alpha value is -1.80. The summed E-state index contributed by atoms with van der Waals surface area (Å²) in [5.74, 6) is -0.159. The van der Waals surface area contributed by atoms with Crippen LogP contribution in [-0.4, -0.2) is 18.0 Å². The van der Waals surface area contributed by atoms with Crippen molar-refractivity contribution < 1.29 is 9.59 Å². The molecule has 2 rings (SSSR count). The molecule has 0 saturated carbocycles. The van der Waals surface area contributed by atoms with Gasteiger partial charge in [-0.25, -0.2) is 4.79 Å². The Morgan fingerprint density at radius 3 is 2.40 bits per heavy atom. The minimum atomic E-state index is -0.242. The van der Waals surface area contributed by atoms with E-state index in [-0.39, 0.29) is 18.0 Å². The molecule has 0 atom stereocenters. The van der Waals surface area contributed by atoms with Crippen LogP contribution in [0.5, 0.6) is 0 Å². The second kappa shape index (κ2) is 9.05. The van der Waals surface area contributed by atoms with Crippen molar-refractivity contribution in [1.82, 2.24) is 10.6 Å². The van der Waals surface area contributed by atoms with Crippen LogP contribution in [0.4, 0.5) is 10.5 Å². The van der Waals surface area contributed by atoms with E-state index < -0.39 is 0 Å². The second-order valence-corrected chi connectivity index (χ2v) is 7.33. The Balaban J connectivity index is 1.89. The summed E-state index contributed by atoms with van der Waals surface area (Å²) in [5.41, 5.74) is 2.20. The van der Waals surface area contributed by atoms with Gasteiger partial charge in [0.05, 0.1) is 5.02 Å². The number of hydrogen-bond donors (Lipinski definition) is 3. The van der Waals surface area contributed by atoms with Crippen LogP contribution < -0.4 is 16.0 Å². The predicted octanol–water partition coefficient (Wildman–Crippen LogP) is 4.40. The third-order valence-electron chi connectivity index (χ3n) is 3.27. The Kier molecular flexibility index (Phi) is 7.07. The Bertz CT molecular complexity index is 763. The third-order valence-corrected chi connectivity index (χ3v) is 4.81. The molecule has 2 aromatic carbocycles. The van der Waals surface area contributed by atoms with Gasteiger partial charge in [-0.05, 0) is 72.3 Å². The number of nitrogens with one attached hydrogen (secondary N) is 3. The Labute approximate surface area is 165 Å². The highest BCUT2D eigenvalue weighted by atomic mass is 127. The van der Waals surface area contributed by atoms with Crippen molar-refractivity contribution >= 4 is 51.8 Å². The van der Waals surface area contributed by atoms with Crippen molar-refractivity contribution in [2.75, 3.05) is 5.32 Å². The SMILES string of the molecule is CC(C)NC(=O)Nc1ccc(CNC(=O)c2ccc(Cl)c(I)c2)cc1. The number of halogens is 2. The first-order valence-corrected chi connectivity index (χ1v) is 9.20. The van der Waals surface area contributed by atoms with Crippen molar-refractivity contribution in [2.45, 2.75) is 26.4 Å². The minimum Gasteiger partial charge on any atom is -0.348 e. The smallest absolute Gasteiger partial charge is 0.319 e. The molecule has 0 aromatic heterocycles. The molecular formula is C18H19ClIN3O2. The van der Waals surface area contributed by atoms with E-state index in [0.717, 1.165) is 9.13 Å². The van der Waals surface area contributed by atoms with Crippen LogP contribution >= 0.6 is 34.2 Å². The summed E-state index contributed by atoms with van der Waals surface area (Å²) in [4.78, 5) is 23.8. The molecule has 0 aliphatic carbocycles. The number of benzene rings is 2. The maximum absolute atomic E-state index is 12.2. The number of amides is 3. The van der Waals surface area contributed by atoms with Gasteiger partial charge in [-0.3, -0.25) is 4.79 Å².